The minimum Gasteiger partial charge on any atom is -0.326 e. The van der Waals surface area contributed by atoms with Gasteiger partial charge in [0.15, 0.2) is 6.54 Å². The van der Waals surface area contributed by atoms with Gasteiger partial charge in [-0.1, -0.05) is 6.07 Å². The molecule has 2 aromatic heterocycles. The van der Waals surface area contributed by atoms with Gasteiger partial charge in [0.1, 0.15) is 17.9 Å². The number of likely N-dealkylation sites (N-methyl/N-ethyl adjacent to an activating group) is 1. The summed E-state index contributed by atoms with van der Waals surface area (Å²) in [5.74, 6) is -0.279. The second kappa shape index (κ2) is 9.32. The zero-order chi connectivity index (χ0) is 21.7. The summed E-state index contributed by atoms with van der Waals surface area (Å²) in [6, 6.07) is 14.0. The summed E-state index contributed by atoms with van der Waals surface area (Å²) in [6.07, 6.45) is 0. The number of aromatic nitrogens is 2. The van der Waals surface area contributed by atoms with Crippen molar-refractivity contribution < 1.29 is 14.5 Å². The molecule has 3 N–H and O–H groups in total. The molecule has 1 unspecified atom stereocenters. The van der Waals surface area contributed by atoms with Crippen LogP contribution in [0, 0.1) is 6.92 Å². The predicted octanol–water partition coefficient (Wildman–Crippen LogP) is 1.00. The molecule has 2 amide bonds. The number of rotatable bonds is 7. The molecule has 0 aliphatic heterocycles. The fourth-order valence-electron chi connectivity index (χ4n) is 3.30. The average molecular weight is 408 g/mol. The Balaban J connectivity index is 1.65. The number of anilines is 2. The van der Waals surface area contributed by atoms with Crippen LogP contribution < -0.4 is 21.1 Å². The number of hydrogen-bond donors (Lipinski definition) is 3. The number of quaternary nitrogens is 1. The molecule has 0 aliphatic rings. The minimum absolute atomic E-state index is 0.118. The number of aryl methyl sites for hydroxylation is 1. The lowest BCUT2D eigenvalue weighted by molar-refractivity contribution is -0.904. The van der Waals surface area contributed by atoms with Crippen molar-refractivity contribution >= 4 is 28.8 Å². The Bertz CT molecular complexity index is 1120. The van der Waals surface area contributed by atoms with E-state index < -0.39 is 0 Å². The summed E-state index contributed by atoms with van der Waals surface area (Å²) in [7, 11) is 0. The molecule has 0 spiro atoms. The molecule has 0 saturated carbocycles. The first-order valence-corrected chi connectivity index (χ1v) is 9.85. The van der Waals surface area contributed by atoms with Crippen LogP contribution >= 0.6 is 0 Å². The highest BCUT2D eigenvalue weighted by atomic mass is 16.2. The zero-order valence-electron chi connectivity index (χ0n) is 17.4. The fourth-order valence-corrected chi connectivity index (χ4v) is 3.30. The normalized spacial score (nSPS) is 11.8. The summed E-state index contributed by atoms with van der Waals surface area (Å²) in [6.45, 7) is 6.74. The van der Waals surface area contributed by atoms with Gasteiger partial charge in [-0.2, -0.15) is 0 Å². The molecular weight excluding hydrogens is 382 g/mol. The van der Waals surface area contributed by atoms with Crippen molar-refractivity contribution in [1.82, 2.24) is 9.38 Å². The second-order valence-corrected chi connectivity index (χ2v) is 7.21. The molecule has 1 atom stereocenters. The molecule has 0 saturated heterocycles. The minimum atomic E-state index is -0.147. The highest BCUT2D eigenvalue weighted by molar-refractivity contribution is 5.92. The Labute approximate surface area is 174 Å². The molecule has 0 bridgehead atoms. The van der Waals surface area contributed by atoms with Crippen LogP contribution in [0.4, 0.5) is 11.4 Å². The van der Waals surface area contributed by atoms with Gasteiger partial charge in [0.2, 0.25) is 5.91 Å². The number of hydrogen-bond acceptors (Lipinski definition) is 4. The van der Waals surface area contributed by atoms with Crippen LogP contribution in [-0.4, -0.2) is 34.3 Å². The van der Waals surface area contributed by atoms with Crippen molar-refractivity contribution in [3.8, 4) is 0 Å². The number of fused-ring (bicyclic) bond motifs is 1. The van der Waals surface area contributed by atoms with Crippen molar-refractivity contribution in [1.29, 1.82) is 0 Å². The van der Waals surface area contributed by atoms with Crippen LogP contribution in [0.2, 0.25) is 0 Å². The number of amides is 2. The number of carbonyl (C=O) groups excluding carboxylic acids is 2. The van der Waals surface area contributed by atoms with Gasteiger partial charge in [0.05, 0.1) is 6.54 Å². The number of pyridine rings is 1. The summed E-state index contributed by atoms with van der Waals surface area (Å²) >= 11 is 0. The third-order valence-electron chi connectivity index (χ3n) is 4.76. The lowest BCUT2D eigenvalue weighted by Crippen LogP contribution is -3.11. The van der Waals surface area contributed by atoms with Crippen LogP contribution in [0.25, 0.3) is 5.65 Å². The zero-order valence-corrected chi connectivity index (χ0v) is 17.4. The van der Waals surface area contributed by atoms with Gasteiger partial charge in [-0.15, -0.1) is 0 Å². The molecule has 30 heavy (non-hydrogen) atoms. The van der Waals surface area contributed by atoms with Crippen LogP contribution in [0.5, 0.6) is 0 Å². The van der Waals surface area contributed by atoms with Crippen molar-refractivity contribution in [2.45, 2.75) is 27.3 Å². The molecule has 1 aromatic carbocycles. The Kier molecular flexibility index (Phi) is 6.58. The summed E-state index contributed by atoms with van der Waals surface area (Å²) < 4.78 is 1.58. The smallest absolute Gasteiger partial charge is 0.279 e. The number of benzene rings is 1. The van der Waals surface area contributed by atoms with Crippen LogP contribution in [0.3, 0.4) is 0 Å². The quantitative estimate of drug-likeness (QED) is 0.544. The molecule has 0 radical (unpaired) electrons. The van der Waals surface area contributed by atoms with Gasteiger partial charge in [-0.25, -0.2) is 4.98 Å². The second-order valence-electron chi connectivity index (χ2n) is 7.21. The van der Waals surface area contributed by atoms with E-state index in [1.807, 2.05) is 26.0 Å². The van der Waals surface area contributed by atoms with Crippen molar-refractivity contribution in [2.75, 3.05) is 23.7 Å². The van der Waals surface area contributed by atoms with Gasteiger partial charge >= 0.3 is 0 Å². The first-order chi connectivity index (χ1) is 14.4. The van der Waals surface area contributed by atoms with Gasteiger partial charge in [-0.3, -0.25) is 18.8 Å². The number of carbonyl (C=O) groups is 2. The molecule has 0 fully saturated rings. The van der Waals surface area contributed by atoms with Gasteiger partial charge < -0.3 is 15.5 Å². The van der Waals surface area contributed by atoms with Gasteiger partial charge in [-0.05, 0) is 50.2 Å². The lowest BCUT2D eigenvalue weighted by atomic mass is 10.2. The summed E-state index contributed by atoms with van der Waals surface area (Å²) in [5.41, 5.74) is 3.31. The van der Waals surface area contributed by atoms with Crippen molar-refractivity contribution in [3.63, 3.8) is 0 Å². The van der Waals surface area contributed by atoms with E-state index in [1.54, 1.807) is 34.7 Å². The lowest BCUT2D eigenvalue weighted by Gasteiger charge is -2.17. The number of nitrogens with one attached hydrogen (secondary N) is 3. The molecule has 156 valence electrons. The third kappa shape index (κ3) is 5.30. The van der Waals surface area contributed by atoms with Gasteiger partial charge in [0.25, 0.3) is 11.5 Å². The Morgan fingerprint density at radius 2 is 1.73 bits per heavy atom. The molecule has 8 heteroatoms. The van der Waals surface area contributed by atoms with E-state index in [9.17, 15) is 14.4 Å². The Morgan fingerprint density at radius 1 is 1.07 bits per heavy atom. The maximum absolute atomic E-state index is 12.5. The molecule has 8 nitrogen and oxygen atoms in total. The Hall–Kier alpha value is -3.52. The predicted molar refractivity (Wildman–Crippen MR) is 116 cm³/mol. The molecule has 2 heterocycles. The van der Waals surface area contributed by atoms with E-state index in [1.165, 1.54) is 13.0 Å². The van der Waals surface area contributed by atoms with Crippen LogP contribution in [0.1, 0.15) is 25.2 Å². The van der Waals surface area contributed by atoms with E-state index in [4.69, 9.17) is 0 Å². The average Bonchev–Trinajstić information content (AvgIpc) is 2.68. The first-order valence-electron chi connectivity index (χ1n) is 9.85. The Morgan fingerprint density at radius 3 is 2.37 bits per heavy atom. The SMILES string of the molecule is CC[NH+](CC(=O)Nc1ccc(NC(C)=O)cc1)Cc1cc(=O)n2c(C)cccc2n1. The monoisotopic (exact) mass is 408 g/mol. The van der Waals surface area contributed by atoms with E-state index >= 15 is 0 Å². The van der Waals surface area contributed by atoms with E-state index in [-0.39, 0.29) is 23.9 Å². The highest BCUT2D eigenvalue weighted by Gasteiger charge is 2.15. The third-order valence-corrected chi connectivity index (χ3v) is 4.76. The standard InChI is InChI=1S/C22H25N5O3/c1-4-26(13-19-12-22(30)27-15(2)6-5-7-20(27)24-19)14-21(29)25-18-10-8-17(9-11-18)23-16(3)28/h5-12H,4,13-14H2,1-3H3,(H,23,28)(H,25,29)/p+1. The highest BCUT2D eigenvalue weighted by Crippen LogP contribution is 2.13. The molecule has 0 aliphatic carbocycles. The topological polar surface area (TPSA) is 97.0 Å². The molecule has 3 rings (SSSR count). The molecular formula is C22H26N5O3+. The summed E-state index contributed by atoms with van der Waals surface area (Å²) in [5, 5.41) is 5.55. The molecule has 3 aromatic rings. The fraction of sp³-hybridized carbons (Fsp3) is 0.273. The largest absolute Gasteiger partial charge is 0.326 e. The van der Waals surface area contributed by atoms with E-state index in [0.717, 1.165) is 10.6 Å². The van der Waals surface area contributed by atoms with Gasteiger partial charge in [0, 0.05) is 30.1 Å². The number of nitrogens with zero attached hydrogens (tertiary/aromatic N) is 2. The van der Waals surface area contributed by atoms with Crippen molar-refractivity contribution in [3.05, 3.63) is 70.3 Å². The van der Waals surface area contributed by atoms with Crippen molar-refractivity contribution in [2.24, 2.45) is 0 Å². The maximum Gasteiger partial charge on any atom is 0.279 e. The van der Waals surface area contributed by atoms with E-state index in [0.29, 0.717) is 35.8 Å². The van der Waals surface area contributed by atoms with E-state index in [2.05, 4.69) is 15.6 Å². The van der Waals surface area contributed by atoms with Crippen LogP contribution in [-0.2, 0) is 16.1 Å². The van der Waals surface area contributed by atoms with Crippen LogP contribution in [0.15, 0.2) is 53.3 Å². The summed E-state index contributed by atoms with van der Waals surface area (Å²) in [4.78, 5) is 41.6. The maximum atomic E-state index is 12.5. The first kappa shape index (κ1) is 21.2.